The molecule has 4 heteroatoms. The van der Waals surface area contributed by atoms with Crippen LogP contribution < -0.4 is 10.6 Å². The molecule has 3 atom stereocenters. The van der Waals surface area contributed by atoms with Gasteiger partial charge in [-0.25, -0.2) is 0 Å². The molecule has 1 aliphatic rings. The minimum Gasteiger partial charge on any atom is -0.366 e. The predicted octanol–water partition coefficient (Wildman–Crippen LogP) is 0.0289. The van der Waals surface area contributed by atoms with Gasteiger partial charge in [0.05, 0.1) is 0 Å². The molecule has 1 saturated heterocycles. The third kappa shape index (κ3) is 3.23. The molecule has 1 rings (SSSR count). The van der Waals surface area contributed by atoms with Gasteiger partial charge in [-0.2, -0.15) is 0 Å². The van der Waals surface area contributed by atoms with E-state index in [0.29, 0.717) is 12.6 Å². The summed E-state index contributed by atoms with van der Waals surface area (Å²) in [5.74, 6) is 0. The Bertz CT molecular complexity index is 144. The highest BCUT2D eigenvalue weighted by atomic mass is 16.6. The first kappa shape index (κ1) is 10.9. The summed E-state index contributed by atoms with van der Waals surface area (Å²) in [5, 5.41) is 16.0. The maximum atomic E-state index is 9.49. The fraction of sp³-hybridized carbons (Fsp3) is 1.00. The van der Waals surface area contributed by atoms with Gasteiger partial charge in [-0.05, 0) is 13.3 Å². The van der Waals surface area contributed by atoms with E-state index in [4.69, 9.17) is 4.74 Å². The van der Waals surface area contributed by atoms with Crippen LogP contribution in [-0.4, -0.2) is 36.8 Å². The van der Waals surface area contributed by atoms with Crippen LogP contribution in [0.1, 0.15) is 26.7 Å². The van der Waals surface area contributed by atoms with Crippen LogP contribution in [0.3, 0.4) is 0 Å². The highest BCUT2D eigenvalue weighted by Gasteiger charge is 2.27. The van der Waals surface area contributed by atoms with Gasteiger partial charge in [0.2, 0.25) is 0 Å². The first-order valence-corrected chi connectivity index (χ1v) is 5.07. The zero-order valence-corrected chi connectivity index (χ0v) is 8.42. The van der Waals surface area contributed by atoms with Crippen LogP contribution in [0.2, 0.25) is 0 Å². The summed E-state index contributed by atoms with van der Waals surface area (Å²) < 4.78 is 5.08. The molecule has 0 aromatic rings. The van der Waals surface area contributed by atoms with Crippen molar-refractivity contribution in [2.24, 2.45) is 0 Å². The molecular weight excluding hydrogens is 168 g/mol. The van der Waals surface area contributed by atoms with Crippen LogP contribution in [-0.2, 0) is 4.74 Å². The van der Waals surface area contributed by atoms with E-state index in [2.05, 4.69) is 17.6 Å². The van der Waals surface area contributed by atoms with Crippen molar-refractivity contribution in [3.63, 3.8) is 0 Å². The maximum Gasteiger partial charge on any atom is 0.183 e. The molecule has 2 unspecified atom stereocenters. The normalized spacial score (nSPS) is 30.7. The topological polar surface area (TPSA) is 53.5 Å². The Morgan fingerprint density at radius 1 is 1.54 bits per heavy atom. The van der Waals surface area contributed by atoms with Gasteiger partial charge in [-0.3, -0.25) is 10.6 Å². The quantitative estimate of drug-likeness (QED) is 0.533. The summed E-state index contributed by atoms with van der Waals surface area (Å²) in [6.07, 6.45) is 1.47. The standard InChI is InChI=1S/C9H20N2O2/c1-3-5-7-6-10-8(11-7)9(12)13-4-2/h7-12H,3-6H2,1-2H3/t7?,8-,9?/m0/s1. The van der Waals surface area contributed by atoms with Crippen molar-refractivity contribution in [1.29, 1.82) is 0 Å². The lowest BCUT2D eigenvalue weighted by atomic mass is 10.2. The Balaban J connectivity index is 2.23. The molecule has 1 aliphatic heterocycles. The van der Waals surface area contributed by atoms with Crippen LogP contribution in [0, 0.1) is 0 Å². The van der Waals surface area contributed by atoms with Crippen LogP contribution in [0.5, 0.6) is 0 Å². The Kier molecular flexibility index (Phi) is 4.66. The van der Waals surface area contributed by atoms with Crippen LogP contribution in [0.15, 0.2) is 0 Å². The number of rotatable bonds is 5. The maximum absolute atomic E-state index is 9.49. The molecule has 13 heavy (non-hydrogen) atoms. The van der Waals surface area contributed by atoms with Gasteiger partial charge in [-0.1, -0.05) is 13.3 Å². The van der Waals surface area contributed by atoms with Crippen molar-refractivity contribution in [2.45, 2.75) is 45.2 Å². The van der Waals surface area contributed by atoms with Crippen molar-refractivity contribution < 1.29 is 9.84 Å². The first-order valence-electron chi connectivity index (χ1n) is 5.07. The molecule has 1 heterocycles. The van der Waals surface area contributed by atoms with Crippen LogP contribution >= 0.6 is 0 Å². The molecule has 0 bridgehead atoms. The van der Waals surface area contributed by atoms with Gasteiger partial charge in [-0.15, -0.1) is 0 Å². The third-order valence-corrected chi connectivity index (χ3v) is 2.26. The third-order valence-electron chi connectivity index (χ3n) is 2.26. The monoisotopic (exact) mass is 188 g/mol. The van der Waals surface area contributed by atoms with Crippen molar-refractivity contribution in [1.82, 2.24) is 10.6 Å². The second kappa shape index (κ2) is 5.54. The van der Waals surface area contributed by atoms with Crippen molar-refractivity contribution in [3.8, 4) is 0 Å². The zero-order valence-electron chi connectivity index (χ0n) is 8.42. The fourth-order valence-corrected chi connectivity index (χ4v) is 1.62. The van der Waals surface area contributed by atoms with E-state index >= 15 is 0 Å². The molecule has 0 aromatic heterocycles. The van der Waals surface area contributed by atoms with Crippen LogP contribution in [0.4, 0.5) is 0 Å². The average Bonchev–Trinajstić information content (AvgIpc) is 2.54. The smallest absolute Gasteiger partial charge is 0.183 e. The Morgan fingerprint density at radius 2 is 2.31 bits per heavy atom. The van der Waals surface area contributed by atoms with E-state index in [9.17, 15) is 5.11 Å². The minimum absolute atomic E-state index is 0.100. The molecule has 4 nitrogen and oxygen atoms in total. The number of hydrogen-bond acceptors (Lipinski definition) is 4. The molecule has 3 N–H and O–H groups in total. The van der Waals surface area contributed by atoms with E-state index in [-0.39, 0.29) is 6.17 Å². The first-order chi connectivity index (χ1) is 6.27. The summed E-state index contributed by atoms with van der Waals surface area (Å²) in [7, 11) is 0. The minimum atomic E-state index is -0.730. The van der Waals surface area contributed by atoms with E-state index in [1.165, 1.54) is 0 Å². The molecule has 0 radical (unpaired) electrons. The number of ether oxygens (including phenoxy) is 1. The molecule has 0 aromatic carbocycles. The molecule has 0 spiro atoms. The van der Waals surface area contributed by atoms with Gasteiger partial charge < -0.3 is 9.84 Å². The van der Waals surface area contributed by atoms with Gasteiger partial charge in [0.25, 0.3) is 0 Å². The van der Waals surface area contributed by atoms with E-state index in [1.54, 1.807) is 0 Å². The van der Waals surface area contributed by atoms with Crippen LogP contribution in [0.25, 0.3) is 0 Å². The van der Waals surface area contributed by atoms with E-state index in [0.717, 1.165) is 19.4 Å². The lowest BCUT2D eigenvalue weighted by Crippen LogP contribution is -2.45. The summed E-state index contributed by atoms with van der Waals surface area (Å²) in [6, 6.07) is 0.477. The molecule has 0 saturated carbocycles. The Hall–Kier alpha value is -0.160. The molecular formula is C9H20N2O2. The summed E-state index contributed by atoms with van der Waals surface area (Å²) in [6.45, 7) is 5.50. The number of nitrogens with one attached hydrogen (secondary N) is 2. The van der Waals surface area contributed by atoms with Gasteiger partial charge >= 0.3 is 0 Å². The van der Waals surface area contributed by atoms with Crippen molar-refractivity contribution in [2.75, 3.05) is 13.2 Å². The number of hydrogen-bond donors (Lipinski definition) is 3. The lowest BCUT2D eigenvalue weighted by Gasteiger charge is -2.19. The SMILES string of the molecule is CCCC1CN[C@H](C(O)OCC)N1. The number of aliphatic hydroxyl groups is 1. The molecule has 0 aliphatic carbocycles. The second-order valence-corrected chi connectivity index (χ2v) is 3.38. The van der Waals surface area contributed by atoms with Crippen molar-refractivity contribution in [3.05, 3.63) is 0 Å². The van der Waals surface area contributed by atoms with Gasteiger partial charge in [0.1, 0.15) is 6.17 Å². The van der Waals surface area contributed by atoms with Crippen molar-refractivity contribution >= 4 is 0 Å². The Morgan fingerprint density at radius 3 is 2.92 bits per heavy atom. The average molecular weight is 188 g/mol. The zero-order chi connectivity index (χ0) is 9.68. The fourth-order valence-electron chi connectivity index (χ4n) is 1.62. The predicted molar refractivity (Wildman–Crippen MR) is 51.3 cm³/mol. The van der Waals surface area contributed by atoms with E-state index in [1.807, 2.05) is 6.92 Å². The second-order valence-electron chi connectivity index (χ2n) is 3.38. The highest BCUT2D eigenvalue weighted by Crippen LogP contribution is 2.05. The summed E-state index contributed by atoms with van der Waals surface area (Å²) >= 11 is 0. The molecule has 1 fully saturated rings. The molecule has 78 valence electrons. The lowest BCUT2D eigenvalue weighted by molar-refractivity contribution is -0.117. The van der Waals surface area contributed by atoms with Gasteiger partial charge in [0, 0.05) is 19.2 Å². The molecule has 0 amide bonds. The highest BCUT2D eigenvalue weighted by molar-refractivity contribution is 4.84. The van der Waals surface area contributed by atoms with Gasteiger partial charge in [0.15, 0.2) is 6.29 Å². The van der Waals surface area contributed by atoms with E-state index < -0.39 is 6.29 Å². The Labute approximate surface area is 79.7 Å². The summed E-state index contributed by atoms with van der Waals surface area (Å²) in [4.78, 5) is 0. The largest absolute Gasteiger partial charge is 0.366 e. The summed E-state index contributed by atoms with van der Waals surface area (Å²) in [5.41, 5.74) is 0. The number of aliphatic hydroxyl groups excluding tert-OH is 1.